The minimum absolute atomic E-state index is 0.0547. The number of methoxy groups -OCH3 is 1. The van der Waals surface area contributed by atoms with E-state index >= 15 is 0 Å². The summed E-state index contributed by atoms with van der Waals surface area (Å²) in [6, 6.07) is 4.16. The van der Waals surface area contributed by atoms with Gasteiger partial charge in [-0.25, -0.2) is 13.1 Å². The van der Waals surface area contributed by atoms with Crippen molar-refractivity contribution in [2.24, 2.45) is 5.92 Å². The zero-order valence-electron chi connectivity index (χ0n) is 14.5. The molecule has 1 rings (SSSR count). The number of amides is 1. The van der Waals surface area contributed by atoms with E-state index in [1.165, 1.54) is 20.1 Å². The maximum Gasteiger partial charge on any atom is 0.238 e. The molecule has 0 aliphatic rings. The van der Waals surface area contributed by atoms with Gasteiger partial charge in [-0.15, -0.1) is 0 Å². The molecular formula is C16H26N2O5S. The molecule has 24 heavy (non-hydrogen) atoms. The van der Waals surface area contributed by atoms with E-state index in [9.17, 15) is 18.3 Å². The van der Waals surface area contributed by atoms with Crippen molar-refractivity contribution in [2.45, 2.75) is 33.2 Å². The summed E-state index contributed by atoms with van der Waals surface area (Å²) < 4.78 is 30.8. The highest BCUT2D eigenvalue weighted by atomic mass is 32.2. The number of hydrogen-bond donors (Lipinski definition) is 3. The highest BCUT2D eigenvalue weighted by Crippen LogP contribution is 2.26. The average molecular weight is 358 g/mol. The summed E-state index contributed by atoms with van der Waals surface area (Å²) in [5.41, 5.74) is 0.889. The van der Waals surface area contributed by atoms with Gasteiger partial charge in [0.1, 0.15) is 6.04 Å². The molecule has 0 radical (unpaired) electrons. The zero-order chi connectivity index (χ0) is 18.3. The number of aromatic hydroxyl groups is 1. The minimum Gasteiger partial charge on any atom is -0.504 e. The van der Waals surface area contributed by atoms with Crippen molar-refractivity contribution in [2.75, 3.05) is 19.4 Å². The van der Waals surface area contributed by atoms with Crippen LogP contribution in [0.25, 0.3) is 0 Å². The normalized spacial score (nSPS) is 12.9. The second kappa shape index (κ2) is 8.89. The number of phenolic OH excluding ortho intramolecular Hbond substituents is 1. The van der Waals surface area contributed by atoms with Crippen LogP contribution in [-0.2, 0) is 21.2 Å². The van der Waals surface area contributed by atoms with Crippen LogP contribution in [0.2, 0.25) is 0 Å². The van der Waals surface area contributed by atoms with Gasteiger partial charge in [0.05, 0.1) is 12.9 Å². The second-order valence-electron chi connectivity index (χ2n) is 5.79. The third-order valence-corrected chi connectivity index (χ3v) is 4.97. The lowest BCUT2D eigenvalue weighted by Gasteiger charge is -2.21. The van der Waals surface area contributed by atoms with Crippen LogP contribution in [0.1, 0.15) is 26.3 Å². The van der Waals surface area contributed by atoms with E-state index in [4.69, 9.17) is 4.74 Å². The van der Waals surface area contributed by atoms with E-state index < -0.39 is 16.1 Å². The van der Waals surface area contributed by atoms with Gasteiger partial charge in [0.25, 0.3) is 0 Å². The summed E-state index contributed by atoms with van der Waals surface area (Å²) in [7, 11) is -1.99. The van der Waals surface area contributed by atoms with Crippen LogP contribution in [-0.4, -0.2) is 44.9 Å². The van der Waals surface area contributed by atoms with Crippen molar-refractivity contribution < 1.29 is 23.1 Å². The molecule has 1 amide bonds. The Morgan fingerprint density at radius 1 is 1.33 bits per heavy atom. The van der Waals surface area contributed by atoms with Crippen molar-refractivity contribution in [3.8, 4) is 11.5 Å². The number of benzene rings is 1. The van der Waals surface area contributed by atoms with Crippen LogP contribution < -0.4 is 14.8 Å². The van der Waals surface area contributed by atoms with Crippen LogP contribution >= 0.6 is 0 Å². The molecule has 1 aromatic rings. The molecule has 0 heterocycles. The number of nitrogens with one attached hydrogen (secondary N) is 2. The Kier molecular flexibility index (Phi) is 7.50. The standard InChI is InChI=1S/C16H26N2O5S/c1-5-24(21,22)18-15(11(2)3)16(20)17-9-8-12-6-7-13(19)14(10-12)23-4/h6-7,10-11,15,18-19H,5,8-9H2,1-4H3,(H,17,20)/t15-/m0/s1. The Labute approximate surface area is 143 Å². The molecule has 0 aliphatic heterocycles. The fourth-order valence-electron chi connectivity index (χ4n) is 2.09. The van der Waals surface area contributed by atoms with E-state index in [1.807, 2.05) is 0 Å². The third-order valence-electron chi connectivity index (χ3n) is 3.59. The van der Waals surface area contributed by atoms with Gasteiger partial charge in [0, 0.05) is 6.54 Å². The molecule has 0 aromatic heterocycles. The predicted octanol–water partition coefficient (Wildman–Crippen LogP) is 1.02. The van der Waals surface area contributed by atoms with Crippen molar-refractivity contribution in [3.05, 3.63) is 23.8 Å². The van der Waals surface area contributed by atoms with Crippen LogP contribution in [0.4, 0.5) is 0 Å². The lowest BCUT2D eigenvalue weighted by molar-refractivity contribution is -0.123. The van der Waals surface area contributed by atoms with Gasteiger partial charge in [-0.2, -0.15) is 0 Å². The SMILES string of the molecule is CCS(=O)(=O)N[C@H](C(=O)NCCc1ccc(O)c(OC)c1)C(C)C. The lowest BCUT2D eigenvalue weighted by atomic mass is 10.0. The first-order valence-corrected chi connectivity index (χ1v) is 9.49. The number of ether oxygens (including phenoxy) is 1. The Balaban J connectivity index is 2.63. The maximum atomic E-state index is 12.2. The molecule has 1 atom stereocenters. The van der Waals surface area contributed by atoms with E-state index in [-0.39, 0.29) is 23.3 Å². The number of phenols is 1. The van der Waals surface area contributed by atoms with E-state index in [2.05, 4.69) is 10.0 Å². The van der Waals surface area contributed by atoms with Crippen molar-refractivity contribution in [3.63, 3.8) is 0 Å². The van der Waals surface area contributed by atoms with E-state index in [0.29, 0.717) is 18.7 Å². The molecule has 7 nitrogen and oxygen atoms in total. The molecule has 136 valence electrons. The van der Waals surface area contributed by atoms with Crippen molar-refractivity contribution in [1.82, 2.24) is 10.0 Å². The molecule has 1 aromatic carbocycles. The molecule has 0 saturated heterocycles. The summed E-state index contributed by atoms with van der Waals surface area (Å²) >= 11 is 0. The fourth-order valence-corrected chi connectivity index (χ4v) is 3.02. The molecule has 0 bridgehead atoms. The van der Waals surface area contributed by atoms with Gasteiger partial charge in [-0.05, 0) is 37.0 Å². The molecule has 8 heteroatoms. The van der Waals surface area contributed by atoms with Gasteiger partial charge in [0.2, 0.25) is 15.9 Å². The predicted molar refractivity (Wildman–Crippen MR) is 92.6 cm³/mol. The summed E-state index contributed by atoms with van der Waals surface area (Å²) in [5, 5.41) is 12.3. The largest absolute Gasteiger partial charge is 0.504 e. The Morgan fingerprint density at radius 2 is 2.00 bits per heavy atom. The third kappa shape index (κ3) is 6.01. The molecule has 0 fully saturated rings. The monoisotopic (exact) mass is 358 g/mol. The highest BCUT2D eigenvalue weighted by molar-refractivity contribution is 7.89. The summed E-state index contributed by atoms with van der Waals surface area (Å²) in [6.07, 6.45) is 0.535. The van der Waals surface area contributed by atoms with Gasteiger partial charge in [0.15, 0.2) is 11.5 Å². The van der Waals surface area contributed by atoms with Gasteiger partial charge < -0.3 is 15.2 Å². The summed E-state index contributed by atoms with van der Waals surface area (Å²) in [5.74, 6) is -0.168. The smallest absolute Gasteiger partial charge is 0.238 e. The number of sulfonamides is 1. The van der Waals surface area contributed by atoms with Gasteiger partial charge in [-0.1, -0.05) is 19.9 Å². The lowest BCUT2D eigenvalue weighted by Crippen LogP contribution is -2.50. The Bertz CT molecular complexity index is 658. The first-order chi connectivity index (χ1) is 11.2. The van der Waals surface area contributed by atoms with Crippen LogP contribution in [0.15, 0.2) is 18.2 Å². The number of hydrogen-bond acceptors (Lipinski definition) is 5. The molecule has 0 spiro atoms. The van der Waals surface area contributed by atoms with Gasteiger partial charge >= 0.3 is 0 Å². The molecule has 0 aliphatic carbocycles. The fraction of sp³-hybridized carbons (Fsp3) is 0.562. The maximum absolute atomic E-state index is 12.2. The van der Waals surface area contributed by atoms with Crippen LogP contribution in [0.3, 0.4) is 0 Å². The number of carbonyl (C=O) groups excluding carboxylic acids is 1. The Morgan fingerprint density at radius 3 is 2.54 bits per heavy atom. The quantitative estimate of drug-likeness (QED) is 0.611. The van der Waals surface area contributed by atoms with Crippen molar-refractivity contribution in [1.29, 1.82) is 0 Å². The van der Waals surface area contributed by atoms with Gasteiger partial charge in [-0.3, -0.25) is 4.79 Å². The second-order valence-corrected chi connectivity index (χ2v) is 7.83. The average Bonchev–Trinajstić information content (AvgIpc) is 2.53. The molecule has 3 N–H and O–H groups in total. The minimum atomic E-state index is -3.45. The van der Waals surface area contributed by atoms with Crippen molar-refractivity contribution >= 4 is 15.9 Å². The Hall–Kier alpha value is -1.80. The van der Waals surface area contributed by atoms with Crippen LogP contribution in [0.5, 0.6) is 11.5 Å². The molecular weight excluding hydrogens is 332 g/mol. The van der Waals surface area contributed by atoms with E-state index in [1.54, 1.807) is 26.0 Å². The summed E-state index contributed by atoms with van der Waals surface area (Å²) in [4.78, 5) is 12.2. The first kappa shape index (κ1) is 20.2. The summed E-state index contributed by atoms with van der Waals surface area (Å²) in [6.45, 7) is 5.44. The first-order valence-electron chi connectivity index (χ1n) is 7.83. The molecule has 0 unspecified atom stereocenters. The number of rotatable bonds is 9. The number of carbonyl (C=O) groups is 1. The highest BCUT2D eigenvalue weighted by Gasteiger charge is 2.26. The zero-order valence-corrected chi connectivity index (χ0v) is 15.3. The topological polar surface area (TPSA) is 105 Å². The molecule has 0 saturated carbocycles. The van der Waals surface area contributed by atoms with E-state index in [0.717, 1.165) is 5.56 Å². The van der Waals surface area contributed by atoms with Crippen LogP contribution in [0, 0.1) is 5.92 Å².